The first-order valence-corrected chi connectivity index (χ1v) is 6.12. The molecule has 3 nitrogen and oxygen atoms in total. The zero-order valence-electron chi connectivity index (χ0n) is 9.87. The highest BCUT2D eigenvalue weighted by atomic mass is 35.5. The van der Waals surface area contributed by atoms with Crippen molar-refractivity contribution in [2.45, 2.75) is 32.8 Å². The number of nitrogens with one attached hydrogen (secondary N) is 1. The van der Waals surface area contributed by atoms with Crippen molar-refractivity contribution in [2.75, 3.05) is 13.1 Å². The van der Waals surface area contributed by atoms with Gasteiger partial charge in [0.1, 0.15) is 11.9 Å². The quantitative estimate of drug-likeness (QED) is 0.799. The maximum Gasteiger partial charge on any atom is 0.139 e. The van der Waals surface area contributed by atoms with Crippen LogP contribution in [0.3, 0.4) is 0 Å². The van der Waals surface area contributed by atoms with Gasteiger partial charge in [0.2, 0.25) is 0 Å². The topological polar surface area (TPSA) is 34.1 Å². The van der Waals surface area contributed by atoms with Crippen molar-refractivity contribution in [3.05, 3.63) is 23.5 Å². The van der Waals surface area contributed by atoms with Crippen LogP contribution in [-0.2, 0) is 0 Å². The van der Waals surface area contributed by atoms with Crippen molar-refractivity contribution < 1.29 is 4.74 Å². The second-order valence-electron chi connectivity index (χ2n) is 3.68. The van der Waals surface area contributed by atoms with E-state index in [1.807, 2.05) is 0 Å². The molecule has 0 spiro atoms. The Hall–Kier alpha value is -0.800. The van der Waals surface area contributed by atoms with Crippen LogP contribution in [0.15, 0.2) is 18.5 Å². The number of ether oxygens (including phenoxy) is 1. The van der Waals surface area contributed by atoms with Gasteiger partial charge in [-0.05, 0) is 13.0 Å². The molecule has 1 unspecified atom stereocenters. The minimum absolute atomic E-state index is 0.185. The molecule has 0 aliphatic heterocycles. The first-order chi connectivity index (χ1) is 7.76. The van der Waals surface area contributed by atoms with E-state index < -0.39 is 0 Å². The van der Waals surface area contributed by atoms with E-state index in [1.165, 1.54) is 0 Å². The van der Waals surface area contributed by atoms with Gasteiger partial charge < -0.3 is 10.1 Å². The van der Waals surface area contributed by atoms with Crippen LogP contribution in [0.5, 0.6) is 5.75 Å². The van der Waals surface area contributed by atoms with Crippen LogP contribution in [-0.4, -0.2) is 24.2 Å². The van der Waals surface area contributed by atoms with Crippen LogP contribution in [0, 0.1) is 0 Å². The van der Waals surface area contributed by atoms with Gasteiger partial charge in [-0.25, -0.2) is 0 Å². The van der Waals surface area contributed by atoms with E-state index in [4.69, 9.17) is 16.3 Å². The molecule has 0 amide bonds. The smallest absolute Gasteiger partial charge is 0.139 e. The Balaban J connectivity index is 2.52. The third kappa shape index (κ3) is 4.81. The average molecular weight is 243 g/mol. The van der Waals surface area contributed by atoms with Crippen LogP contribution < -0.4 is 10.1 Å². The van der Waals surface area contributed by atoms with Crippen molar-refractivity contribution in [3.63, 3.8) is 0 Å². The van der Waals surface area contributed by atoms with E-state index in [-0.39, 0.29) is 6.10 Å². The summed E-state index contributed by atoms with van der Waals surface area (Å²) in [5, 5.41) is 3.90. The SMILES string of the molecule is CCCC(CNCC)Oc1cncc(Cl)c1. The Kier molecular flexibility index (Phi) is 6.19. The van der Waals surface area contributed by atoms with Crippen LogP contribution >= 0.6 is 11.6 Å². The van der Waals surface area contributed by atoms with E-state index >= 15 is 0 Å². The van der Waals surface area contributed by atoms with Gasteiger partial charge in [-0.2, -0.15) is 0 Å². The third-order valence-corrected chi connectivity index (χ3v) is 2.42. The van der Waals surface area contributed by atoms with Gasteiger partial charge in [0.05, 0.1) is 11.2 Å². The molecular formula is C12H19ClN2O. The van der Waals surface area contributed by atoms with Crippen molar-refractivity contribution in [1.82, 2.24) is 10.3 Å². The molecule has 0 bridgehead atoms. The van der Waals surface area contributed by atoms with Crippen molar-refractivity contribution in [2.24, 2.45) is 0 Å². The number of hydrogen-bond donors (Lipinski definition) is 1. The van der Waals surface area contributed by atoms with E-state index in [9.17, 15) is 0 Å². The Morgan fingerprint density at radius 3 is 2.88 bits per heavy atom. The van der Waals surface area contributed by atoms with Gasteiger partial charge in [-0.15, -0.1) is 0 Å². The highest BCUT2D eigenvalue weighted by Crippen LogP contribution is 2.17. The van der Waals surface area contributed by atoms with Crippen molar-refractivity contribution in [1.29, 1.82) is 0 Å². The van der Waals surface area contributed by atoms with E-state index in [0.29, 0.717) is 5.02 Å². The molecule has 1 N–H and O–H groups in total. The fraction of sp³-hybridized carbons (Fsp3) is 0.583. The minimum atomic E-state index is 0.185. The highest BCUT2D eigenvalue weighted by Gasteiger charge is 2.09. The second-order valence-corrected chi connectivity index (χ2v) is 4.11. The number of rotatable bonds is 7. The maximum absolute atomic E-state index is 5.85. The fourth-order valence-corrected chi connectivity index (χ4v) is 1.64. The zero-order chi connectivity index (χ0) is 11.8. The summed E-state index contributed by atoms with van der Waals surface area (Å²) in [6, 6.07) is 1.79. The van der Waals surface area contributed by atoms with E-state index in [0.717, 1.165) is 31.7 Å². The summed E-state index contributed by atoms with van der Waals surface area (Å²) in [7, 11) is 0. The molecule has 1 atom stereocenters. The average Bonchev–Trinajstić information content (AvgIpc) is 2.26. The number of nitrogens with zero attached hydrogens (tertiary/aromatic N) is 1. The molecule has 1 aromatic rings. The Labute approximate surface area is 102 Å². The molecule has 0 saturated carbocycles. The van der Waals surface area contributed by atoms with Gasteiger partial charge in [0.25, 0.3) is 0 Å². The Morgan fingerprint density at radius 2 is 2.25 bits per heavy atom. The number of hydrogen-bond acceptors (Lipinski definition) is 3. The Morgan fingerprint density at radius 1 is 1.44 bits per heavy atom. The van der Waals surface area contributed by atoms with E-state index in [2.05, 4.69) is 24.1 Å². The first-order valence-electron chi connectivity index (χ1n) is 5.74. The van der Waals surface area contributed by atoms with Gasteiger partial charge >= 0.3 is 0 Å². The third-order valence-electron chi connectivity index (χ3n) is 2.22. The lowest BCUT2D eigenvalue weighted by atomic mass is 10.2. The highest BCUT2D eigenvalue weighted by molar-refractivity contribution is 6.30. The molecule has 0 aliphatic rings. The normalized spacial score (nSPS) is 12.4. The maximum atomic E-state index is 5.85. The summed E-state index contributed by atoms with van der Waals surface area (Å²) in [6.45, 7) is 6.05. The molecule has 4 heteroatoms. The molecular weight excluding hydrogens is 224 g/mol. The number of likely N-dealkylation sites (N-methyl/N-ethyl adjacent to an activating group) is 1. The first kappa shape index (κ1) is 13.3. The lowest BCUT2D eigenvalue weighted by Gasteiger charge is -2.18. The molecule has 1 rings (SSSR count). The largest absolute Gasteiger partial charge is 0.487 e. The van der Waals surface area contributed by atoms with Gasteiger partial charge in [0, 0.05) is 18.8 Å². The predicted molar refractivity (Wildman–Crippen MR) is 67.1 cm³/mol. The molecule has 0 radical (unpaired) electrons. The molecule has 0 aliphatic carbocycles. The standard InChI is InChI=1S/C12H19ClN2O/c1-3-5-11(8-14-4-2)16-12-6-10(13)7-15-9-12/h6-7,9,11,14H,3-5,8H2,1-2H3. The van der Waals surface area contributed by atoms with E-state index in [1.54, 1.807) is 18.5 Å². The van der Waals surface area contributed by atoms with Crippen LogP contribution in [0.2, 0.25) is 5.02 Å². The van der Waals surface area contributed by atoms with Gasteiger partial charge in [0.15, 0.2) is 0 Å². The summed E-state index contributed by atoms with van der Waals surface area (Å²) >= 11 is 5.85. The van der Waals surface area contributed by atoms with Crippen LogP contribution in [0.25, 0.3) is 0 Å². The lowest BCUT2D eigenvalue weighted by Crippen LogP contribution is -2.31. The summed E-state index contributed by atoms with van der Waals surface area (Å²) in [4.78, 5) is 4.00. The summed E-state index contributed by atoms with van der Waals surface area (Å²) in [5.74, 6) is 0.740. The Bertz CT molecular complexity index is 307. The lowest BCUT2D eigenvalue weighted by molar-refractivity contribution is 0.186. The summed E-state index contributed by atoms with van der Waals surface area (Å²) in [5.41, 5.74) is 0. The predicted octanol–water partition coefficient (Wildman–Crippen LogP) is 2.89. The number of aromatic nitrogens is 1. The molecule has 90 valence electrons. The fourth-order valence-electron chi connectivity index (χ4n) is 1.48. The molecule has 0 saturated heterocycles. The molecule has 0 aromatic carbocycles. The summed E-state index contributed by atoms with van der Waals surface area (Å²) < 4.78 is 5.83. The molecule has 1 heterocycles. The van der Waals surface area contributed by atoms with Crippen molar-refractivity contribution >= 4 is 11.6 Å². The zero-order valence-corrected chi connectivity index (χ0v) is 10.6. The van der Waals surface area contributed by atoms with Gasteiger partial charge in [-0.1, -0.05) is 31.9 Å². The second kappa shape index (κ2) is 7.47. The molecule has 0 fully saturated rings. The monoisotopic (exact) mass is 242 g/mol. The molecule has 1 aromatic heterocycles. The summed E-state index contributed by atoms with van der Waals surface area (Å²) in [6.07, 6.45) is 5.61. The van der Waals surface area contributed by atoms with Crippen LogP contribution in [0.1, 0.15) is 26.7 Å². The van der Waals surface area contributed by atoms with Crippen molar-refractivity contribution in [3.8, 4) is 5.75 Å². The van der Waals surface area contributed by atoms with Gasteiger partial charge in [-0.3, -0.25) is 4.98 Å². The number of halogens is 1. The minimum Gasteiger partial charge on any atom is -0.487 e. The van der Waals surface area contributed by atoms with Crippen LogP contribution in [0.4, 0.5) is 0 Å². The molecule has 16 heavy (non-hydrogen) atoms. The number of pyridine rings is 1.